The van der Waals surface area contributed by atoms with E-state index in [0.717, 1.165) is 11.8 Å². The first kappa shape index (κ1) is 14.9. The van der Waals surface area contributed by atoms with E-state index < -0.39 is 0 Å². The molecule has 1 aromatic rings. The molecule has 1 aliphatic heterocycles. The molecule has 2 aliphatic rings. The van der Waals surface area contributed by atoms with Crippen LogP contribution in [0.3, 0.4) is 0 Å². The van der Waals surface area contributed by atoms with Gasteiger partial charge in [-0.05, 0) is 81.0 Å². The molecule has 0 N–H and O–H groups in total. The van der Waals surface area contributed by atoms with E-state index in [1.165, 1.54) is 28.8 Å². The third-order valence-corrected chi connectivity index (χ3v) is 7.45. The van der Waals surface area contributed by atoms with Gasteiger partial charge in [-0.15, -0.1) is 0 Å². The second-order valence-corrected chi connectivity index (χ2v) is 8.39. The molecule has 2 fully saturated rings. The standard InChI is InChI=1S/C20H31N/c1-12-9-13(2)14(3)18(10-12)21-17(6)19(7)11-20(21,8)16(5)15(19)4/h9-10,15-17H,11H2,1-8H3. The highest BCUT2D eigenvalue weighted by atomic mass is 15.3. The smallest absolute Gasteiger partial charge is 0.0411 e. The number of aryl methyl sites for hydroxylation is 2. The van der Waals surface area contributed by atoms with E-state index in [9.17, 15) is 0 Å². The average molecular weight is 285 g/mol. The Hall–Kier alpha value is -0.980. The Morgan fingerprint density at radius 1 is 1.00 bits per heavy atom. The Balaban J connectivity index is 2.17. The lowest BCUT2D eigenvalue weighted by atomic mass is 9.71. The van der Waals surface area contributed by atoms with Gasteiger partial charge in [-0.1, -0.05) is 26.8 Å². The van der Waals surface area contributed by atoms with Crippen LogP contribution in [0, 0.1) is 38.0 Å². The summed E-state index contributed by atoms with van der Waals surface area (Å²) in [6.07, 6.45) is 1.33. The summed E-state index contributed by atoms with van der Waals surface area (Å²) in [5, 5.41) is 0. The van der Waals surface area contributed by atoms with Crippen LogP contribution in [0.25, 0.3) is 0 Å². The molecule has 5 atom stereocenters. The summed E-state index contributed by atoms with van der Waals surface area (Å²) in [5.41, 5.74) is 6.50. The molecule has 3 rings (SSSR count). The zero-order valence-corrected chi connectivity index (χ0v) is 15.0. The van der Waals surface area contributed by atoms with Crippen LogP contribution in [0.4, 0.5) is 5.69 Å². The largest absolute Gasteiger partial charge is 0.362 e. The topological polar surface area (TPSA) is 3.24 Å². The molecule has 116 valence electrons. The number of rotatable bonds is 1. The molecule has 21 heavy (non-hydrogen) atoms. The van der Waals surface area contributed by atoms with Crippen molar-refractivity contribution in [3.63, 3.8) is 0 Å². The third kappa shape index (κ3) is 1.69. The quantitative estimate of drug-likeness (QED) is 0.680. The van der Waals surface area contributed by atoms with Gasteiger partial charge in [0.05, 0.1) is 0 Å². The van der Waals surface area contributed by atoms with Gasteiger partial charge in [0.25, 0.3) is 0 Å². The van der Waals surface area contributed by atoms with Crippen LogP contribution < -0.4 is 4.90 Å². The lowest BCUT2D eigenvalue weighted by Gasteiger charge is -2.51. The second kappa shape index (κ2) is 4.27. The van der Waals surface area contributed by atoms with Gasteiger partial charge in [0, 0.05) is 17.3 Å². The molecule has 1 aromatic carbocycles. The van der Waals surface area contributed by atoms with Crippen molar-refractivity contribution < 1.29 is 0 Å². The predicted octanol–water partition coefficient (Wildman–Crippen LogP) is 5.26. The van der Waals surface area contributed by atoms with E-state index in [-0.39, 0.29) is 0 Å². The molecule has 5 unspecified atom stereocenters. The highest BCUT2D eigenvalue weighted by Crippen LogP contribution is 2.64. The molecule has 0 aromatic heterocycles. The SMILES string of the molecule is Cc1cc(C)c(C)c(N2C(C)C3(C)CC2(C)C(C)C3C)c1. The molecule has 0 radical (unpaired) electrons. The summed E-state index contributed by atoms with van der Waals surface area (Å²) in [6, 6.07) is 5.34. The second-order valence-electron chi connectivity index (χ2n) is 8.39. The number of nitrogens with zero attached hydrogens (tertiary/aromatic N) is 1. The molecule has 1 saturated heterocycles. The summed E-state index contributed by atoms with van der Waals surface area (Å²) >= 11 is 0. The fraction of sp³-hybridized carbons (Fsp3) is 0.700. The maximum absolute atomic E-state index is 2.77. The Morgan fingerprint density at radius 2 is 1.62 bits per heavy atom. The van der Waals surface area contributed by atoms with Crippen LogP contribution in [-0.2, 0) is 0 Å². The van der Waals surface area contributed by atoms with Gasteiger partial charge in [0.2, 0.25) is 0 Å². The Bertz CT molecular complexity index is 590. The average Bonchev–Trinajstić information content (AvgIpc) is 2.71. The lowest BCUT2D eigenvalue weighted by molar-refractivity contribution is 0.148. The van der Waals surface area contributed by atoms with Gasteiger partial charge < -0.3 is 4.90 Å². The molecule has 0 spiro atoms. The van der Waals surface area contributed by atoms with E-state index >= 15 is 0 Å². The van der Waals surface area contributed by atoms with Gasteiger partial charge in [0.1, 0.15) is 0 Å². The van der Waals surface area contributed by atoms with Crippen LogP contribution in [0.5, 0.6) is 0 Å². The number of anilines is 1. The lowest BCUT2D eigenvalue weighted by Crippen LogP contribution is -2.56. The normalized spacial score (nSPS) is 41.9. The van der Waals surface area contributed by atoms with Crippen molar-refractivity contribution in [3.8, 4) is 0 Å². The van der Waals surface area contributed by atoms with Gasteiger partial charge in [-0.2, -0.15) is 0 Å². The van der Waals surface area contributed by atoms with Crippen LogP contribution in [0.2, 0.25) is 0 Å². The van der Waals surface area contributed by atoms with Crippen LogP contribution >= 0.6 is 0 Å². The van der Waals surface area contributed by atoms with Crippen LogP contribution in [0.15, 0.2) is 12.1 Å². The number of benzene rings is 1. The number of piperidine rings is 1. The summed E-state index contributed by atoms with van der Waals surface area (Å²) in [5.74, 6) is 1.55. The van der Waals surface area contributed by atoms with Crippen LogP contribution in [0.1, 0.15) is 57.7 Å². The zero-order valence-electron chi connectivity index (χ0n) is 15.0. The van der Waals surface area contributed by atoms with E-state index in [2.05, 4.69) is 72.4 Å². The first-order valence-electron chi connectivity index (χ1n) is 8.50. The number of hydrogen-bond acceptors (Lipinski definition) is 1. The van der Waals surface area contributed by atoms with Gasteiger partial charge in [-0.3, -0.25) is 0 Å². The minimum absolute atomic E-state index is 0.304. The molecule has 2 bridgehead atoms. The fourth-order valence-electron chi connectivity index (χ4n) is 5.52. The van der Waals surface area contributed by atoms with Gasteiger partial charge >= 0.3 is 0 Å². The van der Waals surface area contributed by atoms with Gasteiger partial charge in [0.15, 0.2) is 0 Å². The van der Waals surface area contributed by atoms with Gasteiger partial charge in [-0.25, -0.2) is 0 Å². The highest BCUT2D eigenvalue weighted by Gasteiger charge is 2.65. The van der Waals surface area contributed by atoms with Crippen molar-refractivity contribution >= 4 is 5.69 Å². The maximum Gasteiger partial charge on any atom is 0.0411 e. The maximum atomic E-state index is 2.77. The van der Waals surface area contributed by atoms with Crippen molar-refractivity contribution in [2.45, 2.75) is 73.4 Å². The Morgan fingerprint density at radius 3 is 2.19 bits per heavy atom. The first-order valence-corrected chi connectivity index (χ1v) is 8.50. The monoisotopic (exact) mass is 285 g/mol. The summed E-state index contributed by atoms with van der Waals surface area (Å²) in [4.78, 5) is 2.77. The highest BCUT2D eigenvalue weighted by molar-refractivity contribution is 5.62. The predicted molar refractivity (Wildman–Crippen MR) is 92.1 cm³/mol. The summed E-state index contributed by atoms with van der Waals surface area (Å²) < 4.78 is 0. The van der Waals surface area contributed by atoms with E-state index in [4.69, 9.17) is 0 Å². The molecular weight excluding hydrogens is 254 g/mol. The fourth-order valence-corrected chi connectivity index (χ4v) is 5.52. The number of fused-ring (bicyclic) bond motifs is 2. The summed E-state index contributed by atoms with van der Waals surface area (Å²) in [6.45, 7) is 19.2. The van der Waals surface area contributed by atoms with E-state index in [1.807, 2.05) is 0 Å². The van der Waals surface area contributed by atoms with Crippen molar-refractivity contribution in [1.29, 1.82) is 0 Å². The Kier molecular flexibility index (Phi) is 3.04. The number of hydrogen-bond donors (Lipinski definition) is 0. The molecule has 1 saturated carbocycles. The Labute approximate surface area is 130 Å². The zero-order chi connectivity index (χ0) is 15.7. The molecule has 1 heterocycles. The van der Waals surface area contributed by atoms with Crippen LogP contribution in [-0.4, -0.2) is 11.6 Å². The molecule has 1 nitrogen and oxygen atoms in total. The molecule has 1 heteroatoms. The van der Waals surface area contributed by atoms with Crippen molar-refractivity contribution in [2.75, 3.05) is 4.90 Å². The minimum Gasteiger partial charge on any atom is -0.362 e. The molecule has 0 amide bonds. The summed E-state index contributed by atoms with van der Waals surface area (Å²) in [7, 11) is 0. The first-order chi connectivity index (χ1) is 9.63. The van der Waals surface area contributed by atoms with E-state index in [1.54, 1.807) is 0 Å². The minimum atomic E-state index is 0.304. The van der Waals surface area contributed by atoms with Crippen molar-refractivity contribution in [2.24, 2.45) is 17.3 Å². The van der Waals surface area contributed by atoms with Crippen molar-refractivity contribution in [3.05, 3.63) is 28.8 Å². The third-order valence-electron chi connectivity index (χ3n) is 7.45. The molecular formula is C20H31N. The van der Waals surface area contributed by atoms with E-state index in [0.29, 0.717) is 17.0 Å². The van der Waals surface area contributed by atoms with Crippen molar-refractivity contribution in [1.82, 2.24) is 0 Å². The molecule has 1 aliphatic carbocycles.